The van der Waals surface area contributed by atoms with E-state index in [2.05, 4.69) is 0 Å². The highest BCUT2D eigenvalue weighted by Crippen LogP contribution is 2.11. The summed E-state index contributed by atoms with van der Waals surface area (Å²) in [5.74, 6) is -0.254. The van der Waals surface area contributed by atoms with Crippen molar-refractivity contribution in [2.75, 3.05) is 0 Å². The van der Waals surface area contributed by atoms with Crippen LogP contribution in [0.4, 0.5) is 0 Å². The van der Waals surface area contributed by atoms with Crippen LogP contribution >= 0.6 is 12.2 Å². The fraction of sp³-hybridized carbons (Fsp3) is 0.273. The Hall–Kier alpha value is -1.02. The second-order valence-corrected chi connectivity index (χ2v) is 3.26. The molecule has 0 amide bonds. The van der Waals surface area contributed by atoms with Gasteiger partial charge in [-0.1, -0.05) is 36.5 Å². The van der Waals surface area contributed by atoms with Crippen LogP contribution in [0.1, 0.15) is 11.1 Å². The Balaban J connectivity index is 2.78. The molecule has 0 aliphatic carbocycles. The molecule has 0 N–H and O–H groups in total. The largest absolute Gasteiger partial charge is 0.290 e. The first-order valence-electron chi connectivity index (χ1n) is 4.15. The highest BCUT2D eigenvalue weighted by Gasteiger charge is 2.06. The molecule has 0 aliphatic heterocycles. The molecule has 0 aromatic heterocycles. The summed E-state index contributed by atoms with van der Waals surface area (Å²) >= 11 is 4.73. The quantitative estimate of drug-likeness (QED) is 0.679. The van der Waals surface area contributed by atoms with Crippen LogP contribution in [0.15, 0.2) is 24.3 Å². The molecule has 1 aromatic rings. The van der Waals surface area contributed by atoms with Gasteiger partial charge in [0.05, 0.1) is 5.92 Å². The minimum atomic E-state index is -0.254. The Morgan fingerprint density at radius 2 is 2.23 bits per heavy atom. The molecular formula is C11H11OS. The lowest BCUT2D eigenvalue weighted by Gasteiger charge is -2.06. The van der Waals surface area contributed by atoms with E-state index in [-0.39, 0.29) is 5.92 Å². The second-order valence-electron chi connectivity index (χ2n) is 2.99. The average molecular weight is 191 g/mol. The molecule has 1 radical (unpaired) electrons. The number of carbonyl (C=O) groups excluding carboxylic acids is 1. The van der Waals surface area contributed by atoms with Crippen LogP contribution in [0.5, 0.6) is 0 Å². The van der Waals surface area contributed by atoms with E-state index in [0.717, 1.165) is 5.56 Å². The molecule has 0 aliphatic rings. The van der Waals surface area contributed by atoms with Gasteiger partial charge in [0.15, 0.2) is 0 Å². The summed E-state index contributed by atoms with van der Waals surface area (Å²) in [5.41, 5.74) is 2.36. The minimum absolute atomic E-state index is 0.254. The van der Waals surface area contributed by atoms with Crippen molar-refractivity contribution in [2.24, 2.45) is 5.92 Å². The summed E-state index contributed by atoms with van der Waals surface area (Å²) in [6.07, 6.45) is 2.58. The maximum atomic E-state index is 10.4. The first kappa shape index (κ1) is 10.1. The Labute approximate surface area is 83.8 Å². The first-order valence-corrected chi connectivity index (χ1v) is 4.62. The van der Waals surface area contributed by atoms with Gasteiger partial charge < -0.3 is 0 Å². The number of hydrogen-bond donors (Lipinski definition) is 0. The molecule has 0 heterocycles. The number of thiocarbonyl (C=S) groups is 1. The maximum Gasteiger partial charge on any atom is 0.207 e. The zero-order valence-corrected chi connectivity index (χ0v) is 8.30. The minimum Gasteiger partial charge on any atom is -0.290 e. The Morgan fingerprint density at radius 3 is 2.77 bits per heavy atom. The lowest BCUT2D eigenvalue weighted by Crippen LogP contribution is -2.07. The average Bonchev–Trinajstić information content (AvgIpc) is 2.17. The standard InChI is InChI=1S/C11H11OS/c1-9-4-2-3-5-11(9)6-10(7-12)8-13/h2-5,8,10H,6H2,1H3/t10-/m0/s1. The van der Waals surface area contributed by atoms with Crippen LogP contribution in [-0.4, -0.2) is 11.7 Å². The molecule has 13 heavy (non-hydrogen) atoms. The lowest BCUT2D eigenvalue weighted by molar-refractivity contribution is 0.543. The molecule has 0 bridgehead atoms. The van der Waals surface area contributed by atoms with E-state index >= 15 is 0 Å². The highest BCUT2D eigenvalue weighted by atomic mass is 32.1. The monoisotopic (exact) mass is 191 g/mol. The molecule has 0 saturated heterocycles. The van der Waals surface area contributed by atoms with Crippen LogP contribution in [0.2, 0.25) is 0 Å². The van der Waals surface area contributed by atoms with E-state index in [9.17, 15) is 4.79 Å². The van der Waals surface area contributed by atoms with Crippen molar-refractivity contribution >= 4 is 23.9 Å². The predicted octanol–water partition coefficient (Wildman–Crippen LogP) is 2.26. The van der Waals surface area contributed by atoms with Crippen molar-refractivity contribution in [3.8, 4) is 0 Å². The van der Waals surface area contributed by atoms with Gasteiger partial charge in [0, 0.05) is 0 Å². The molecule has 2 heteroatoms. The number of benzene rings is 1. The third-order valence-corrected chi connectivity index (χ3v) is 2.35. The molecule has 1 aromatic carbocycles. The summed E-state index contributed by atoms with van der Waals surface area (Å²) in [5, 5.41) is 1.47. The third-order valence-electron chi connectivity index (χ3n) is 2.02. The van der Waals surface area contributed by atoms with Gasteiger partial charge in [-0.2, -0.15) is 0 Å². The van der Waals surface area contributed by atoms with Gasteiger partial charge >= 0.3 is 0 Å². The van der Waals surface area contributed by atoms with Crippen molar-refractivity contribution in [2.45, 2.75) is 13.3 Å². The number of aryl methyl sites for hydroxylation is 1. The Kier molecular flexibility index (Phi) is 3.77. The van der Waals surface area contributed by atoms with Gasteiger partial charge in [0.2, 0.25) is 6.29 Å². The second kappa shape index (κ2) is 4.87. The van der Waals surface area contributed by atoms with E-state index in [1.165, 1.54) is 10.9 Å². The fourth-order valence-electron chi connectivity index (χ4n) is 1.19. The summed E-state index contributed by atoms with van der Waals surface area (Å²) in [7, 11) is 0. The Bertz CT molecular complexity index is 299. The van der Waals surface area contributed by atoms with E-state index in [0.29, 0.717) is 6.42 Å². The highest BCUT2D eigenvalue weighted by molar-refractivity contribution is 7.79. The van der Waals surface area contributed by atoms with Crippen LogP contribution in [-0.2, 0) is 11.2 Å². The summed E-state index contributed by atoms with van der Waals surface area (Å²) in [6, 6.07) is 7.99. The van der Waals surface area contributed by atoms with Gasteiger partial charge in [-0.25, -0.2) is 0 Å². The maximum absolute atomic E-state index is 10.4. The normalized spacial score (nSPS) is 12.1. The van der Waals surface area contributed by atoms with E-state index in [1.807, 2.05) is 37.5 Å². The molecule has 0 fully saturated rings. The van der Waals surface area contributed by atoms with E-state index in [1.54, 1.807) is 0 Å². The predicted molar refractivity (Wildman–Crippen MR) is 57.7 cm³/mol. The number of hydrogen-bond acceptors (Lipinski definition) is 2. The van der Waals surface area contributed by atoms with Gasteiger partial charge in [-0.15, -0.1) is 0 Å². The zero-order chi connectivity index (χ0) is 9.68. The van der Waals surface area contributed by atoms with Crippen LogP contribution < -0.4 is 0 Å². The lowest BCUT2D eigenvalue weighted by atomic mass is 9.99. The van der Waals surface area contributed by atoms with Crippen LogP contribution in [0.3, 0.4) is 0 Å². The molecule has 1 atom stereocenters. The van der Waals surface area contributed by atoms with Gasteiger partial charge in [0.1, 0.15) is 0 Å². The van der Waals surface area contributed by atoms with Crippen molar-refractivity contribution in [3.05, 3.63) is 35.4 Å². The molecule has 1 rings (SSSR count). The Morgan fingerprint density at radius 1 is 1.54 bits per heavy atom. The van der Waals surface area contributed by atoms with Crippen molar-refractivity contribution in [1.82, 2.24) is 0 Å². The molecular weight excluding hydrogens is 180 g/mol. The third kappa shape index (κ3) is 2.74. The zero-order valence-electron chi connectivity index (χ0n) is 7.49. The van der Waals surface area contributed by atoms with E-state index in [4.69, 9.17) is 12.2 Å². The summed E-state index contributed by atoms with van der Waals surface area (Å²) < 4.78 is 0. The molecule has 0 spiro atoms. The molecule has 1 nitrogen and oxygen atoms in total. The smallest absolute Gasteiger partial charge is 0.207 e. The molecule has 67 valence electrons. The summed E-state index contributed by atoms with van der Waals surface area (Å²) in [4.78, 5) is 10.4. The van der Waals surface area contributed by atoms with Gasteiger partial charge in [-0.05, 0) is 29.8 Å². The fourth-order valence-corrected chi connectivity index (χ4v) is 1.35. The topological polar surface area (TPSA) is 17.1 Å². The van der Waals surface area contributed by atoms with E-state index < -0.39 is 0 Å². The van der Waals surface area contributed by atoms with Crippen molar-refractivity contribution in [1.29, 1.82) is 0 Å². The van der Waals surface area contributed by atoms with Crippen molar-refractivity contribution < 1.29 is 4.79 Å². The molecule has 0 saturated carbocycles. The molecule has 0 unspecified atom stereocenters. The van der Waals surface area contributed by atoms with Gasteiger partial charge in [0.25, 0.3) is 0 Å². The van der Waals surface area contributed by atoms with Crippen LogP contribution in [0, 0.1) is 12.8 Å². The number of rotatable bonds is 4. The van der Waals surface area contributed by atoms with Crippen LogP contribution in [0.25, 0.3) is 0 Å². The first-order chi connectivity index (χ1) is 6.27. The SMILES string of the molecule is Cc1ccccc1C[C@@H]([C]=O)C=S. The van der Waals surface area contributed by atoms with Gasteiger partial charge in [-0.3, -0.25) is 4.79 Å². The summed E-state index contributed by atoms with van der Waals surface area (Å²) in [6.45, 7) is 2.03. The van der Waals surface area contributed by atoms with Crippen molar-refractivity contribution in [3.63, 3.8) is 0 Å².